The van der Waals surface area contributed by atoms with Crippen molar-refractivity contribution >= 4 is 17.6 Å². The predicted octanol–water partition coefficient (Wildman–Crippen LogP) is 2.16. The molecule has 0 aliphatic heterocycles. The van der Waals surface area contributed by atoms with Gasteiger partial charge in [-0.25, -0.2) is 4.79 Å². The van der Waals surface area contributed by atoms with Gasteiger partial charge in [-0.1, -0.05) is 18.2 Å². The molecule has 1 heterocycles. The van der Waals surface area contributed by atoms with Crippen molar-refractivity contribution in [2.24, 2.45) is 0 Å². The molecule has 23 heavy (non-hydrogen) atoms. The van der Waals surface area contributed by atoms with Crippen molar-refractivity contribution in [2.45, 2.75) is 13.5 Å². The molecule has 0 spiro atoms. The molecule has 6 heteroatoms. The normalized spacial score (nSPS) is 10.6. The van der Waals surface area contributed by atoms with Crippen LogP contribution in [0.1, 0.15) is 21.7 Å². The number of aromatic nitrogens is 1. The van der Waals surface area contributed by atoms with Crippen molar-refractivity contribution in [3.63, 3.8) is 0 Å². The van der Waals surface area contributed by atoms with Crippen LogP contribution in [0.4, 0.5) is 5.69 Å². The second kappa shape index (κ2) is 7.51. The molecule has 6 nitrogen and oxygen atoms in total. The fourth-order valence-corrected chi connectivity index (χ4v) is 2.23. The average Bonchev–Trinajstić information content (AvgIpc) is 2.47. The van der Waals surface area contributed by atoms with Crippen molar-refractivity contribution in [1.29, 1.82) is 0 Å². The Hall–Kier alpha value is -2.73. The van der Waals surface area contributed by atoms with Crippen LogP contribution in [0.2, 0.25) is 0 Å². The number of likely N-dealkylation sites (N-methyl/N-ethyl adjacent to an activating group) is 1. The zero-order valence-corrected chi connectivity index (χ0v) is 13.1. The lowest BCUT2D eigenvalue weighted by atomic mass is 10.2. The third kappa shape index (κ3) is 4.89. The van der Waals surface area contributed by atoms with Crippen molar-refractivity contribution in [2.75, 3.05) is 18.9 Å². The highest BCUT2D eigenvalue weighted by Gasteiger charge is 2.13. The molecule has 0 fully saturated rings. The standard InChI is InChI=1S/C17H19N3O3/c1-12-6-5-7-13(18-12)10-20(2)11-16(21)19-15-9-4-3-8-14(15)17(22)23/h3-9H,10-11H2,1-2H3,(H,19,21)(H,22,23). The number of para-hydroxylation sites is 1. The number of carboxylic acids is 1. The first-order valence-electron chi connectivity index (χ1n) is 7.19. The van der Waals surface area contributed by atoms with Gasteiger partial charge in [0.2, 0.25) is 5.91 Å². The molecule has 0 saturated carbocycles. The maximum absolute atomic E-state index is 12.1. The summed E-state index contributed by atoms with van der Waals surface area (Å²) in [7, 11) is 1.81. The van der Waals surface area contributed by atoms with Crippen molar-refractivity contribution in [3.05, 3.63) is 59.4 Å². The second-order valence-corrected chi connectivity index (χ2v) is 5.34. The van der Waals surface area contributed by atoms with Gasteiger partial charge in [-0.05, 0) is 38.2 Å². The van der Waals surface area contributed by atoms with Crippen LogP contribution in [0.15, 0.2) is 42.5 Å². The van der Waals surface area contributed by atoms with E-state index in [-0.39, 0.29) is 18.0 Å². The van der Waals surface area contributed by atoms with Gasteiger partial charge in [0.05, 0.1) is 23.5 Å². The molecule has 0 atom stereocenters. The van der Waals surface area contributed by atoms with Crippen LogP contribution in [0.5, 0.6) is 0 Å². The molecule has 120 valence electrons. The van der Waals surface area contributed by atoms with Gasteiger partial charge in [-0.2, -0.15) is 0 Å². The monoisotopic (exact) mass is 313 g/mol. The van der Waals surface area contributed by atoms with E-state index in [1.54, 1.807) is 18.2 Å². The summed E-state index contributed by atoms with van der Waals surface area (Å²) in [6.07, 6.45) is 0. The van der Waals surface area contributed by atoms with E-state index in [4.69, 9.17) is 5.11 Å². The summed E-state index contributed by atoms with van der Waals surface area (Å²) in [5.74, 6) is -1.34. The van der Waals surface area contributed by atoms with Crippen LogP contribution in [0.3, 0.4) is 0 Å². The van der Waals surface area contributed by atoms with Gasteiger partial charge in [0.15, 0.2) is 0 Å². The number of rotatable bonds is 6. The Morgan fingerprint density at radius 2 is 1.91 bits per heavy atom. The lowest BCUT2D eigenvalue weighted by Gasteiger charge is -2.16. The Kier molecular flexibility index (Phi) is 5.43. The van der Waals surface area contributed by atoms with Crippen LogP contribution in [-0.2, 0) is 11.3 Å². The molecule has 0 bridgehead atoms. The quantitative estimate of drug-likeness (QED) is 0.854. The summed E-state index contributed by atoms with van der Waals surface area (Å²) in [4.78, 5) is 29.4. The number of aryl methyl sites for hydroxylation is 1. The van der Waals surface area contributed by atoms with E-state index in [0.29, 0.717) is 12.2 Å². The van der Waals surface area contributed by atoms with E-state index >= 15 is 0 Å². The third-order valence-electron chi connectivity index (χ3n) is 3.22. The molecule has 0 aliphatic carbocycles. The van der Waals surface area contributed by atoms with E-state index < -0.39 is 5.97 Å². The fourth-order valence-electron chi connectivity index (χ4n) is 2.23. The summed E-state index contributed by atoms with van der Waals surface area (Å²) in [6, 6.07) is 12.1. The zero-order chi connectivity index (χ0) is 16.8. The van der Waals surface area contributed by atoms with Crippen molar-refractivity contribution in [3.8, 4) is 0 Å². The fraction of sp³-hybridized carbons (Fsp3) is 0.235. The maximum atomic E-state index is 12.1. The molecule has 0 unspecified atom stereocenters. The second-order valence-electron chi connectivity index (χ2n) is 5.34. The van der Waals surface area contributed by atoms with Gasteiger partial charge in [0.25, 0.3) is 0 Å². The number of hydrogen-bond donors (Lipinski definition) is 2. The number of carboxylic acid groups (broad SMARTS) is 1. The Bertz CT molecular complexity index is 716. The first-order chi connectivity index (χ1) is 11.0. The number of carbonyl (C=O) groups is 2. The molecular formula is C17H19N3O3. The number of nitrogens with zero attached hydrogens (tertiary/aromatic N) is 2. The van der Waals surface area contributed by atoms with Crippen molar-refractivity contribution < 1.29 is 14.7 Å². The average molecular weight is 313 g/mol. The number of pyridine rings is 1. The topological polar surface area (TPSA) is 82.5 Å². The van der Waals surface area contributed by atoms with Gasteiger partial charge in [-0.15, -0.1) is 0 Å². The number of amides is 1. The Morgan fingerprint density at radius 1 is 1.17 bits per heavy atom. The SMILES string of the molecule is Cc1cccc(CN(C)CC(=O)Nc2ccccc2C(=O)O)n1. The summed E-state index contributed by atoms with van der Waals surface area (Å²) in [5.41, 5.74) is 2.18. The summed E-state index contributed by atoms with van der Waals surface area (Å²) in [5, 5.41) is 11.7. The number of aromatic carboxylic acids is 1. The number of hydrogen-bond acceptors (Lipinski definition) is 4. The number of benzene rings is 1. The number of carbonyl (C=O) groups excluding carboxylic acids is 1. The molecule has 2 N–H and O–H groups in total. The summed E-state index contributed by atoms with van der Waals surface area (Å²) in [6.45, 7) is 2.60. The third-order valence-corrected chi connectivity index (χ3v) is 3.22. The van der Waals surface area contributed by atoms with E-state index in [0.717, 1.165) is 11.4 Å². The Labute approximate surface area is 134 Å². The minimum Gasteiger partial charge on any atom is -0.478 e. The van der Waals surface area contributed by atoms with E-state index in [1.807, 2.05) is 37.1 Å². The molecule has 2 aromatic rings. The highest BCUT2D eigenvalue weighted by Crippen LogP contribution is 2.14. The maximum Gasteiger partial charge on any atom is 0.337 e. The zero-order valence-electron chi connectivity index (χ0n) is 13.1. The Morgan fingerprint density at radius 3 is 2.61 bits per heavy atom. The van der Waals surface area contributed by atoms with Crippen LogP contribution in [0.25, 0.3) is 0 Å². The van der Waals surface area contributed by atoms with Gasteiger partial charge in [0.1, 0.15) is 0 Å². The lowest BCUT2D eigenvalue weighted by molar-refractivity contribution is -0.117. The highest BCUT2D eigenvalue weighted by molar-refractivity contribution is 6.01. The van der Waals surface area contributed by atoms with Crippen LogP contribution < -0.4 is 5.32 Å². The van der Waals surface area contributed by atoms with E-state index in [2.05, 4.69) is 10.3 Å². The smallest absolute Gasteiger partial charge is 0.337 e. The first-order valence-corrected chi connectivity index (χ1v) is 7.19. The van der Waals surface area contributed by atoms with Crippen LogP contribution in [0, 0.1) is 6.92 Å². The van der Waals surface area contributed by atoms with Gasteiger partial charge < -0.3 is 10.4 Å². The van der Waals surface area contributed by atoms with E-state index in [1.165, 1.54) is 6.07 Å². The van der Waals surface area contributed by atoms with Gasteiger partial charge >= 0.3 is 5.97 Å². The van der Waals surface area contributed by atoms with Crippen LogP contribution >= 0.6 is 0 Å². The van der Waals surface area contributed by atoms with Gasteiger partial charge in [-0.3, -0.25) is 14.7 Å². The molecule has 2 rings (SSSR count). The van der Waals surface area contributed by atoms with Gasteiger partial charge in [0, 0.05) is 12.2 Å². The molecule has 1 aromatic carbocycles. The minimum absolute atomic E-state index is 0.0730. The molecular weight excluding hydrogens is 294 g/mol. The predicted molar refractivity (Wildman–Crippen MR) is 87.3 cm³/mol. The first kappa shape index (κ1) is 16.6. The Balaban J connectivity index is 1.96. The lowest BCUT2D eigenvalue weighted by Crippen LogP contribution is -2.30. The molecule has 0 saturated heterocycles. The summed E-state index contributed by atoms with van der Waals surface area (Å²) >= 11 is 0. The van der Waals surface area contributed by atoms with Crippen LogP contribution in [-0.4, -0.2) is 40.5 Å². The molecule has 1 aromatic heterocycles. The largest absolute Gasteiger partial charge is 0.478 e. The van der Waals surface area contributed by atoms with Crippen molar-refractivity contribution in [1.82, 2.24) is 9.88 Å². The summed E-state index contributed by atoms with van der Waals surface area (Å²) < 4.78 is 0. The molecule has 0 aliphatic rings. The minimum atomic E-state index is -1.07. The van der Waals surface area contributed by atoms with E-state index in [9.17, 15) is 9.59 Å². The highest BCUT2D eigenvalue weighted by atomic mass is 16.4. The molecule has 0 radical (unpaired) electrons. The number of anilines is 1. The number of nitrogens with one attached hydrogen (secondary N) is 1. The molecule has 1 amide bonds.